The highest BCUT2D eigenvalue weighted by atomic mass is 32.1. The van der Waals surface area contributed by atoms with E-state index >= 15 is 0 Å². The van der Waals surface area contributed by atoms with Crippen molar-refractivity contribution in [1.82, 2.24) is 9.88 Å². The minimum atomic E-state index is -0.276. The lowest BCUT2D eigenvalue weighted by atomic mass is 10.0. The summed E-state index contributed by atoms with van der Waals surface area (Å²) in [6, 6.07) is 11.9. The fourth-order valence-electron chi connectivity index (χ4n) is 2.76. The number of benzene rings is 1. The van der Waals surface area contributed by atoms with E-state index in [4.69, 9.17) is 0 Å². The first kappa shape index (κ1) is 16.1. The van der Waals surface area contributed by atoms with Gasteiger partial charge in [-0.1, -0.05) is 18.2 Å². The molecule has 2 heterocycles. The summed E-state index contributed by atoms with van der Waals surface area (Å²) >= 11 is 1.90. The Hall–Kier alpha value is -1.78. The van der Waals surface area contributed by atoms with Crippen LogP contribution in [-0.2, 0) is 19.3 Å². The highest BCUT2D eigenvalue weighted by molar-refractivity contribution is 7.19. The highest BCUT2D eigenvalue weighted by Gasteiger charge is 2.12. The minimum absolute atomic E-state index is 0.276. The van der Waals surface area contributed by atoms with Crippen LogP contribution in [0.1, 0.15) is 16.1 Å². The van der Waals surface area contributed by atoms with Gasteiger partial charge in [-0.3, -0.25) is 4.98 Å². The first-order valence-corrected chi connectivity index (χ1v) is 8.69. The molecule has 0 N–H and O–H groups in total. The topological polar surface area (TPSA) is 16.1 Å². The van der Waals surface area contributed by atoms with Gasteiger partial charge >= 0.3 is 0 Å². The van der Waals surface area contributed by atoms with Crippen LogP contribution < -0.4 is 0 Å². The number of aryl methyl sites for hydroxylation is 2. The summed E-state index contributed by atoms with van der Waals surface area (Å²) < 4.78 is 14.3. The minimum Gasteiger partial charge on any atom is -0.309 e. The van der Waals surface area contributed by atoms with E-state index in [-0.39, 0.29) is 5.82 Å². The number of nitrogens with zero attached hydrogens (tertiary/aromatic N) is 2. The van der Waals surface area contributed by atoms with E-state index in [0.29, 0.717) is 0 Å². The maximum absolute atomic E-state index is 13.0. The molecule has 3 rings (SSSR count). The molecular formula is C19H21FN2S. The van der Waals surface area contributed by atoms with Gasteiger partial charge in [0.25, 0.3) is 0 Å². The first-order valence-electron chi connectivity index (χ1n) is 7.88. The van der Waals surface area contributed by atoms with Crippen LogP contribution in [0.3, 0.4) is 0 Å². The van der Waals surface area contributed by atoms with Gasteiger partial charge in [-0.15, -0.1) is 11.3 Å². The van der Waals surface area contributed by atoms with Crippen molar-refractivity contribution in [3.8, 4) is 0 Å². The van der Waals surface area contributed by atoms with E-state index in [1.165, 1.54) is 32.8 Å². The van der Waals surface area contributed by atoms with Gasteiger partial charge in [-0.25, -0.2) is 4.39 Å². The van der Waals surface area contributed by atoms with Crippen molar-refractivity contribution >= 4 is 21.4 Å². The molecule has 0 aliphatic rings. The molecule has 0 atom stereocenters. The predicted molar refractivity (Wildman–Crippen MR) is 95.7 cm³/mol. The third-order valence-electron chi connectivity index (χ3n) is 3.99. The molecule has 0 aliphatic carbocycles. The van der Waals surface area contributed by atoms with Gasteiger partial charge in [-0.2, -0.15) is 0 Å². The SMILES string of the molecule is CN(C)CCc1sc2ccccc2c1CCc1ccc(F)cn1. The largest absolute Gasteiger partial charge is 0.309 e. The highest BCUT2D eigenvalue weighted by Crippen LogP contribution is 2.32. The Labute approximate surface area is 140 Å². The molecule has 0 amide bonds. The second-order valence-corrected chi connectivity index (χ2v) is 7.16. The monoisotopic (exact) mass is 328 g/mol. The van der Waals surface area contributed by atoms with Gasteiger partial charge < -0.3 is 4.90 Å². The van der Waals surface area contributed by atoms with E-state index in [0.717, 1.165) is 31.5 Å². The molecule has 2 nitrogen and oxygen atoms in total. The van der Waals surface area contributed by atoms with Crippen LogP contribution >= 0.6 is 11.3 Å². The first-order chi connectivity index (χ1) is 11.1. The quantitative estimate of drug-likeness (QED) is 0.670. The fraction of sp³-hybridized carbons (Fsp3) is 0.316. The van der Waals surface area contributed by atoms with E-state index in [9.17, 15) is 4.39 Å². The van der Waals surface area contributed by atoms with E-state index in [1.807, 2.05) is 11.3 Å². The van der Waals surface area contributed by atoms with Crippen molar-refractivity contribution in [3.63, 3.8) is 0 Å². The molecule has 0 aliphatic heterocycles. The fourth-order valence-corrected chi connectivity index (χ4v) is 4.00. The molecule has 0 bridgehead atoms. The molecule has 0 radical (unpaired) electrons. The van der Waals surface area contributed by atoms with E-state index < -0.39 is 0 Å². The molecule has 120 valence electrons. The van der Waals surface area contributed by atoms with E-state index in [1.54, 1.807) is 6.07 Å². The zero-order chi connectivity index (χ0) is 16.2. The number of pyridine rings is 1. The van der Waals surface area contributed by atoms with Crippen molar-refractivity contribution in [2.45, 2.75) is 19.3 Å². The van der Waals surface area contributed by atoms with Crippen molar-refractivity contribution < 1.29 is 4.39 Å². The molecule has 0 saturated heterocycles. The molecule has 2 aromatic heterocycles. The Morgan fingerprint density at radius 1 is 1.04 bits per heavy atom. The summed E-state index contributed by atoms with van der Waals surface area (Å²) in [5.41, 5.74) is 2.37. The summed E-state index contributed by atoms with van der Waals surface area (Å²) in [7, 11) is 4.21. The molecule has 3 aromatic rings. The third kappa shape index (κ3) is 3.95. The normalized spacial score (nSPS) is 11.5. The van der Waals surface area contributed by atoms with Crippen LogP contribution in [0.25, 0.3) is 10.1 Å². The summed E-state index contributed by atoms with van der Waals surface area (Å²) in [6.07, 6.45) is 4.16. The molecule has 4 heteroatoms. The lowest BCUT2D eigenvalue weighted by Gasteiger charge is -2.10. The van der Waals surface area contributed by atoms with Crippen LogP contribution in [0.15, 0.2) is 42.6 Å². The van der Waals surface area contributed by atoms with Crippen molar-refractivity contribution in [3.05, 3.63) is 64.5 Å². The number of hydrogen-bond acceptors (Lipinski definition) is 3. The maximum atomic E-state index is 13.0. The lowest BCUT2D eigenvalue weighted by molar-refractivity contribution is 0.414. The Morgan fingerprint density at radius 2 is 1.87 bits per heavy atom. The summed E-state index contributed by atoms with van der Waals surface area (Å²) in [6.45, 7) is 1.05. The third-order valence-corrected chi connectivity index (χ3v) is 5.26. The Morgan fingerprint density at radius 3 is 2.61 bits per heavy atom. The van der Waals surface area contributed by atoms with Crippen LogP contribution in [-0.4, -0.2) is 30.5 Å². The van der Waals surface area contributed by atoms with Gasteiger partial charge in [0.2, 0.25) is 0 Å². The standard InChI is InChI=1S/C19H21FN2S/c1-22(2)12-11-19-17(16-5-3-4-6-18(16)23-19)10-9-15-8-7-14(20)13-21-15/h3-8,13H,9-12H2,1-2H3. The Bertz CT molecular complexity index is 778. The molecule has 0 spiro atoms. The number of fused-ring (bicyclic) bond motifs is 1. The zero-order valence-corrected chi connectivity index (χ0v) is 14.4. The second kappa shape index (κ2) is 7.20. The van der Waals surface area contributed by atoms with Crippen molar-refractivity contribution in [2.75, 3.05) is 20.6 Å². The second-order valence-electron chi connectivity index (χ2n) is 6.02. The van der Waals surface area contributed by atoms with Gasteiger partial charge in [0.15, 0.2) is 0 Å². The van der Waals surface area contributed by atoms with Crippen LogP contribution in [0.4, 0.5) is 4.39 Å². The molecule has 0 saturated carbocycles. The lowest BCUT2D eigenvalue weighted by Crippen LogP contribution is -2.15. The van der Waals surface area contributed by atoms with Gasteiger partial charge in [0, 0.05) is 21.8 Å². The number of thiophene rings is 1. The Balaban J connectivity index is 1.84. The number of aromatic nitrogens is 1. The van der Waals surface area contributed by atoms with Crippen molar-refractivity contribution in [2.24, 2.45) is 0 Å². The number of rotatable bonds is 6. The van der Waals surface area contributed by atoms with Crippen molar-refractivity contribution in [1.29, 1.82) is 0 Å². The van der Waals surface area contributed by atoms with Gasteiger partial charge in [-0.05, 0) is 62.5 Å². The summed E-state index contributed by atoms with van der Waals surface area (Å²) in [5.74, 6) is -0.276. The number of hydrogen-bond donors (Lipinski definition) is 0. The summed E-state index contributed by atoms with van der Waals surface area (Å²) in [4.78, 5) is 7.86. The van der Waals surface area contributed by atoms with Crippen LogP contribution in [0, 0.1) is 5.82 Å². The average Bonchev–Trinajstić information content (AvgIpc) is 2.90. The number of halogens is 1. The molecule has 1 aromatic carbocycles. The van der Waals surface area contributed by atoms with Gasteiger partial charge in [0.1, 0.15) is 5.82 Å². The summed E-state index contributed by atoms with van der Waals surface area (Å²) in [5, 5.41) is 1.35. The van der Waals surface area contributed by atoms with Crippen LogP contribution in [0.5, 0.6) is 0 Å². The molecular weight excluding hydrogens is 307 g/mol. The molecule has 23 heavy (non-hydrogen) atoms. The smallest absolute Gasteiger partial charge is 0.141 e. The van der Waals surface area contributed by atoms with E-state index in [2.05, 4.69) is 48.2 Å². The average molecular weight is 328 g/mol. The molecule has 0 fully saturated rings. The Kier molecular flexibility index (Phi) is 5.03. The van der Waals surface area contributed by atoms with Crippen LogP contribution in [0.2, 0.25) is 0 Å². The number of likely N-dealkylation sites (N-methyl/N-ethyl adjacent to an activating group) is 1. The van der Waals surface area contributed by atoms with Gasteiger partial charge in [0.05, 0.1) is 6.20 Å². The predicted octanol–water partition coefficient (Wildman–Crippen LogP) is 4.32. The molecule has 0 unspecified atom stereocenters. The zero-order valence-electron chi connectivity index (χ0n) is 13.6. The maximum Gasteiger partial charge on any atom is 0.141 e.